The average Bonchev–Trinajstić information content (AvgIpc) is 1.79. The van der Waals surface area contributed by atoms with E-state index in [2.05, 4.69) is 37.4 Å². The first-order chi connectivity index (χ1) is 4.95. The van der Waals surface area contributed by atoms with Crippen molar-refractivity contribution in [2.24, 2.45) is 0 Å². The molecule has 0 rings (SSSR count). The van der Waals surface area contributed by atoms with E-state index in [-0.39, 0.29) is 6.10 Å². The number of rotatable bonds is 2. The molecule has 0 aliphatic rings. The molecular weight excluding hydrogens is 152 g/mol. The fourth-order valence-electron chi connectivity index (χ4n) is 0.703. The van der Waals surface area contributed by atoms with Crippen molar-refractivity contribution >= 4 is 8.32 Å². The van der Waals surface area contributed by atoms with Crippen LogP contribution in [0.3, 0.4) is 0 Å². The summed E-state index contributed by atoms with van der Waals surface area (Å²) >= 11 is 0. The Labute approximate surface area is 70.3 Å². The molecule has 0 amide bonds. The van der Waals surface area contributed by atoms with E-state index in [0.717, 1.165) is 0 Å². The van der Waals surface area contributed by atoms with Crippen molar-refractivity contribution < 1.29 is 4.43 Å². The highest BCUT2D eigenvalue weighted by atomic mass is 28.4. The maximum Gasteiger partial charge on any atom is 0.185 e. The highest BCUT2D eigenvalue weighted by molar-refractivity contribution is 6.69. The zero-order valence-electron chi connectivity index (χ0n) is 7.56. The third kappa shape index (κ3) is 7.19. The molecule has 0 unspecified atom stereocenters. The van der Waals surface area contributed by atoms with Crippen LogP contribution in [0.15, 0.2) is 0 Å². The molecule has 0 heterocycles. The summed E-state index contributed by atoms with van der Waals surface area (Å²) < 4.78 is 5.61. The Morgan fingerprint density at radius 1 is 1.36 bits per heavy atom. The van der Waals surface area contributed by atoms with Crippen LogP contribution in [0.4, 0.5) is 0 Å². The maximum atomic E-state index is 5.61. The fraction of sp³-hybridized carbons (Fsp3) is 0.556. The molecule has 0 N–H and O–H groups in total. The molecule has 0 aromatic heterocycles. The second kappa shape index (κ2) is 4.23. The third-order valence-electron chi connectivity index (χ3n) is 0.878. The lowest BCUT2D eigenvalue weighted by Crippen LogP contribution is -2.29. The van der Waals surface area contributed by atoms with Crippen molar-refractivity contribution in [2.75, 3.05) is 0 Å². The number of hydrogen-bond acceptors (Lipinski definition) is 1. The SMILES string of the molecule is C#CC#C[C@@H](C)O[Si](C)(C)C. The first kappa shape index (κ1) is 10.3. The molecule has 1 atom stereocenters. The van der Waals surface area contributed by atoms with E-state index in [1.54, 1.807) is 0 Å². The second-order valence-corrected chi connectivity index (χ2v) is 7.75. The van der Waals surface area contributed by atoms with Gasteiger partial charge in [-0.1, -0.05) is 5.92 Å². The predicted molar refractivity (Wildman–Crippen MR) is 50.5 cm³/mol. The summed E-state index contributed by atoms with van der Waals surface area (Å²) in [7, 11) is -1.44. The molecule has 0 fully saturated rings. The maximum absolute atomic E-state index is 5.61. The zero-order chi connectivity index (χ0) is 8.91. The Hall–Kier alpha value is -0.703. The van der Waals surface area contributed by atoms with Gasteiger partial charge in [0, 0.05) is 0 Å². The molecular formula is C9H14OSi. The van der Waals surface area contributed by atoms with Gasteiger partial charge in [0.2, 0.25) is 0 Å². The summed E-state index contributed by atoms with van der Waals surface area (Å²) in [6.07, 6.45) is 4.94. The summed E-state index contributed by atoms with van der Waals surface area (Å²) in [4.78, 5) is 0. The van der Waals surface area contributed by atoms with Crippen LogP contribution in [0, 0.1) is 24.2 Å². The van der Waals surface area contributed by atoms with Crippen LogP contribution in [0.5, 0.6) is 0 Å². The number of terminal acetylenes is 1. The molecule has 60 valence electrons. The van der Waals surface area contributed by atoms with Crippen molar-refractivity contribution in [3.8, 4) is 24.2 Å². The highest BCUT2D eigenvalue weighted by Gasteiger charge is 2.16. The van der Waals surface area contributed by atoms with E-state index in [4.69, 9.17) is 10.8 Å². The Morgan fingerprint density at radius 2 is 1.91 bits per heavy atom. The van der Waals surface area contributed by atoms with Gasteiger partial charge in [-0.05, 0) is 38.4 Å². The largest absolute Gasteiger partial charge is 0.404 e. The van der Waals surface area contributed by atoms with Gasteiger partial charge in [0.05, 0.1) is 0 Å². The van der Waals surface area contributed by atoms with Crippen LogP contribution in [-0.2, 0) is 4.43 Å². The monoisotopic (exact) mass is 166 g/mol. The number of hydrogen-bond donors (Lipinski definition) is 0. The standard InChI is InChI=1S/C9H14OSi/c1-6-7-8-9(2)10-11(3,4)5/h1,9H,2-5H3/t9-/m1/s1. The van der Waals surface area contributed by atoms with Crippen molar-refractivity contribution in [3.05, 3.63) is 0 Å². The van der Waals surface area contributed by atoms with E-state index in [0.29, 0.717) is 0 Å². The van der Waals surface area contributed by atoms with Crippen molar-refractivity contribution in [2.45, 2.75) is 32.7 Å². The third-order valence-corrected chi connectivity index (χ3v) is 1.94. The Bertz CT molecular complexity index is 208. The van der Waals surface area contributed by atoms with E-state index < -0.39 is 8.32 Å². The van der Waals surface area contributed by atoms with Gasteiger partial charge < -0.3 is 4.43 Å². The van der Waals surface area contributed by atoms with Crippen molar-refractivity contribution in [1.82, 2.24) is 0 Å². The van der Waals surface area contributed by atoms with Crippen molar-refractivity contribution in [1.29, 1.82) is 0 Å². The van der Waals surface area contributed by atoms with Gasteiger partial charge >= 0.3 is 0 Å². The van der Waals surface area contributed by atoms with Crippen LogP contribution in [0.1, 0.15) is 6.92 Å². The van der Waals surface area contributed by atoms with Crippen LogP contribution in [-0.4, -0.2) is 14.4 Å². The van der Waals surface area contributed by atoms with Gasteiger partial charge in [-0.25, -0.2) is 0 Å². The van der Waals surface area contributed by atoms with E-state index >= 15 is 0 Å². The Balaban J connectivity index is 3.91. The highest BCUT2D eigenvalue weighted by Crippen LogP contribution is 2.05. The van der Waals surface area contributed by atoms with Crippen LogP contribution < -0.4 is 0 Å². The molecule has 2 heteroatoms. The molecule has 0 saturated carbocycles. The van der Waals surface area contributed by atoms with Gasteiger partial charge in [-0.2, -0.15) is 0 Å². The minimum Gasteiger partial charge on any atom is -0.404 e. The first-order valence-corrected chi connectivity index (χ1v) is 7.00. The Morgan fingerprint density at radius 3 is 2.27 bits per heavy atom. The molecule has 0 radical (unpaired) electrons. The molecule has 0 aromatic rings. The molecule has 0 aromatic carbocycles. The molecule has 0 saturated heterocycles. The van der Waals surface area contributed by atoms with Gasteiger partial charge in [-0.3, -0.25) is 0 Å². The smallest absolute Gasteiger partial charge is 0.185 e. The summed E-state index contributed by atoms with van der Waals surface area (Å²) in [6.45, 7) is 8.30. The fourth-order valence-corrected chi connectivity index (χ4v) is 1.82. The lowest BCUT2D eigenvalue weighted by atomic mass is 10.4. The minimum atomic E-state index is -1.44. The normalized spacial score (nSPS) is 12.6. The molecule has 0 bridgehead atoms. The van der Waals surface area contributed by atoms with Crippen LogP contribution in [0.25, 0.3) is 0 Å². The zero-order valence-corrected chi connectivity index (χ0v) is 8.56. The average molecular weight is 166 g/mol. The summed E-state index contributed by atoms with van der Waals surface area (Å²) in [5.74, 6) is 7.62. The van der Waals surface area contributed by atoms with Crippen molar-refractivity contribution in [3.63, 3.8) is 0 Å². The molecule has 0 aliphatic carbocycles. The predicted octanol–water partition coefficient (Wildman–Crippen LogP) is 1.86. The van der Waals surface area contributed by atoms with E-state index in [1.165, 1.54) is 0 Å². The lowest BCUT2D eigenvalue weighted by Gasteiger charge is -2.19. The molecule has 0 spiro atoms. The Kier molecular flexibility index (Phi) is 3.96. The molecule has 1 nitrogen and oxygen atoms in total. The molecule has 11 heavy (non-hydrogen) atoms. The lowest BCUT2D eigenvalue weighted by molar-refractivity contribution is 0.272. The van der Waals surface area contributed by atoms with Gasteiger partial charge in [0.15, 0.2) is 8.32 Å². The van der Waals surface area contributed by atoms with E-state index in [9.17, 15) is 0 Å². The quantitative estimate of drug-likeness (QED) is 0.449. The van der Waals surface area contributed by atoms with Crippen LogP contribution >= 0.6 is 0 Å². The summed E-state index contributed by atoms with van der Waals surface area (Å²) in [6, 6.07) is 0. The van der Waals surface area contributed by atoms with E-state index in [1.807, 2.05) is 6.92 Å². The minimum absolute atomic E-state index is 0.0299. The second-order valence-electron chi connectivity index (χ2n) is 3.29. The molecule has 0 aliphatic heterocycles. The topological polar surface area (TPSA) is 9.23 Å². The van der Waals surface area contributed by atoms with Gasteiger partial charge in [0.25, 0.3) is 0 Å². The summed E-state index contributed by atoms with van der Waals surface area (Å²) in [5, 5.41) is 0. The first-order valence-electron chi connectivity index (χ1n) is 3.59. The van der Waals surface area contributed by atoms with Gasteiger partial charge in [-0.15, -0.1) is 6.42 Å². The van der Waals surface area contributed by atoms with Crippen LogP contribution in [0.2, 0.25) is 19.6 Å². The van der Waals surface area contributed by atoms with Gasteiger partial charge in [0.1, 0.15) is 6.10 Å². The summed E-state index contributed by atoms with van der Waals surface area (Å²) in [5.41, 5.74) is 0.